The fourth-order valence-electron chi connectivity index (χ4n) is 3.59. The molecule has 2 aromatic heterocycles. The summed E-state index contributed by atoms with van der Waals surface area (Å²) in [6.45, 7) is 2.31. The Labute approximate surface area is 166 Å². The van der Waals surface area contributed by atoms with Crippen LogP contribution < -0.4 is 0 Å². The van der Waals surface area contributed by atoms with Gasteiger partial charge in [-0.15, -0.1) is 0 Å². The summed E-state index contributed by atoms with van der Waals surface area (Å²) in [7, 11) is 2.27. The maximum Gasteiger partial charge on any atom is 0.254 e. The molecule has 140 valence electrons. The first-order valence-corrected chi connectivity index (χ1v) is 9.89. The molecule has 0 N–H and O–H groups in total. The fourth-order valence-corrected chi connectivity index (χ4v) is 4.50. The van der Waals surface area contributed by atoms with Gasteiger partial charge in [0.05, 0.1) is 12.2 Å². The van der Waals surface area contributed by atoms with Gasteiger partial charge >= 0.3 is 0 Å². The van der Waals surface area contributed by atoms with E-state index >= 15 is 4.39 Å². The summed E-state index contributed by atoms with van der Waals surface area (Å²) in [4.78, 5) is 23.0. The normalized spacial score (nSPS) is 23.0. The molecule has 1 fully saturated rings. The number of hydrogen-bond acceptors (Lipinski definition) is 4. The van der Waals surface area contributed by atoms with Crippen molar-refractivity contribution < 1.29 is 9.18 Å². The van der Waals surface area contributed by atoms with Gasteiger partial charge in [-0.25, -0.2) is 13.9 Å². The van der Waals surface area contributed by atoms with E-state index in [1.807, 2.05) is 19.1 Å². The molecule has 1 aromatic carbocycles. The van der Waals surface area contributed by atoms with Gasteiger partial charge < -0.3 is 4.90 Å². The number of nitrogens with zero attached hydrogens (tertiary/aromatic N) is 5. The minimum atomic E-state index is -1.57. The minimum absolute atomic E-state index is 0.0318. The van der Waals surface area contributed by atoms with Crippen LogP contribution in [0.4, 0.5) is 4.39 Å². The highest BCUT2D eigenvalue weighted by Gasteiger charge is 2.40. The maximum atomic E-state index is 15.1. The van der Waals surface area contributed by atoms with Crippen LogP contribution in [0.1, 0.15) is 34.1 Å². The lowest BCUT2D eigenvalue weighted by atomic mass is 9.92. The molecule has 0 bridgehead atoms. The molecule has 1 aliphatic rings. The van der Waals surface area contributed by atoms with Gasteiger partial charge in [-0.3, -0.25) is 4.79 Å². The summed E-state index contributed by atoms with van der Waals surface area (Å²) in [5, 5.41) is 2.65. The van der Waals surface area contributed by atoms with Crippen LogP contribution >= 0.6 is 25.2 Å². The third-order valence-electron chi connectivity index (χ3n) is 4.66. The van der Waals surface area contributed by atoms with E-state index in [0.717, 1.165) is 15.9 Å². The van der Waals surface area contributed by atoms with Crippen LogP contribution in [0.15, 0.2) is 41.1 Å². The van der Waals surface area contributed by atoms with Gasteiger partial charge in [0.25, 0.3) is 11.7 Å². The summed E-state index contributed by atoms with van der Waals surface area (Å²) < 4.78 is 17.6. The molecule has 6 nitrogen and oxygen atoms in total. The third-order valence-corrected chi connectivity index (χ3v) is 5.58. The van der Waals surface area contributed by atoms with Crippen molar-refractivity contribution >= 4 is 36.9 Å². The molecule has 27 heavy (non-hydrogen) atoms. The molecule has 1 aliphatic heterocycles. The first-order valence-electron chi connectivity index (χ1n) is 8.52. The molecule has 0 spiro atoms. The number of carbonyl (C=O) groups excluding carboxylic acids is 1. The number of benzene rings is 1. The molecule has 0 saturated carbocycles. The monoisotopic (exact) mass is 449 g/mol. The van der Waals surface area contributed by atoms with Crippen LogP contribution in [0.25, 0.3) is 5.78 Å². The Morgan fingerprint density at radius 1 is 1.41 bits per heavy atom. The summed E-state index contributed by atoms with van der Waals surface area (Å²) in [6.07, 6.45) is 1.71. The second-order valence-corrected chi connectivity index (χ2v) is 8.88. The number of halogens is 2. The van der Waals surface area contributed by atoms with Gasteiger partial charge in [-0.1, -0.05) is 31.2 Å². The summed E-state index contributed by atoms with van der Waals surface area (Å²) in [6, 6.07) is 9.03. The van der Waals surface area contributed by atoms with E-state index in [1.165, 1.54) is 6.33 Å². The first kappa shape index (κ1) is 18.4. The van der Waals surface area contributed by atoms with Gasteiger partial charge in [0.1, 0.15) is 11.7 Å². The molecule has 0 aliphatic carbocycles. The van der Waals surface area contributed by atoms with E-state index in [2.05, 4.69) is 40.2 Å². The van der Waals surface area contributed by atoms with Crippen molar-refractivity contribution in [2.75, 3.05) is 13.1 Å². The van der Waals surface area contributed by atoms with E-state index in [1.54, 1.807) is 27.6 Å². The van der Waals surface area contributed by atoms with Crippen LogP contribution in [0, 0.1) is 6.92 Å². The number of aromatic nitrogens is 4. The Bertz CT molecular complexity index is 1020. The zero-order valence-electron chi connectivity index (χ0n) is 14.6. The zero-order chi connectivity index (χ0) is 19.2. The second kappa shape index (κ2) is 6.91. The Morgan fingerprint density at radius 2 is 2.22 bits per heavy atom. The van der Waals surface area contributed by atoms with Crippen molar-refractivity contribution in [1.82, 2.24) is 24.5 Å². The first-order chi connectivity index (χ1) is 12.8. The van der Waals surface area contributed by atoms with Crippen LogP contribution in [0.2, 0.25) is 0 Å². The molecule has 3 heterocycles. The Kier molecular flexibility index (Phi) is 4.72. The number of aryl methyl sites for hydroxylation is 1. The molecule has 0 radical (unpaired) electrons. The van der Waals surface area contributed by atoms with Gasteiger partial charge in [-0.05, 0) is 37.6 Å². The topological polar surface area (TPSA) is 63.4 Å². The number of fused-ring (bicyclic) bond motifs is 1. The SMILES string of the molecule is Cc1cc(C2CN(C(=O)c3cccc(Br)c3)CC(F)(P)C2)n2ncnc2n1. The van der Waals surface area contributed by atoms with E-state index in [-0.39, 0.29) is 24.8 Å². The maximum absolute atomic E-state index is 15.1. The van der Waals surface area contributed by atoms with Crippen molar-refractivity contribution in [3.8, 4) is 0 Å². The number of carbonyl (C=O) groups is 1. The third kappa shape index (κ3) is 3.73. The van der Waals surface area contributed by atoms with E-state index in [0.29, 0.717) is 17.9 Å². The highest BCUT2D eigenvalue weighted by Crippen LogP contribution is 2.39. The number of rotatable bonds is 2. The molecule has 4 rings (SSSR count). The van der Waals surface area contributed by atoms with Crippen LogP contribution in [0.5, 0.6) is 0 Å². The second-order valence-electron chi connectivity index (χ2n) is 6.93. The summed E-state index contributed by atoms with van der Waals surface area (Å²) in [5.41, 5.74) is 2.13. The van der Waals surface area contributed by atoms with Gasteiger partial charge in [0, 0.05) is 28.2 Å². The summed E-state index contributed by atoms with van der Waals surface area (Å²) in [5.74, 6) is 0.0722. The smallest absolute Gasteiger partial charge is 0.254 e. The van der Waals surface area contributed by atoms with Crippen molar-refractivity contribution in [2.45, 2.75) is 24.7 Å². The van der Waals surface area contributed by atoms with Crippen molar-refractivity contribution in [2.24, 2.45) is 0 Å². The molecule has 1 amide bonds. The predicted octanol–water partition coefficient (Wildman–Crippen LogP) is 3.37. The number of piperidine rings is 1. The Morgan fingerprint density at radius 3 is 3.00 bits per heavy atom. The minimum Gasteiger partial charge on any atom is -0.334 e. The van der Waals surface area contributed by atoms with Gasteiger partial charge in [-0.2, -0.15) is 10.1 Å². The van der Waals surface area contributed by atoms with E-state index in [9.17, 15) is 4.79 Å². The fraction of sp³-hybridized carbons (Fsp3) is 0.333. The van der Waals surface area contributed by atoms with Crippen LogP contribution in [0.3, 0.4) is 0 Å². The molecule has 3 atom stereocenters. The summed E-state index contributed by atoms with van der Waals surface area (Å²) >= 11 is 3.38. The van der Waals surface area contributed by atoms with Gasteiger partial charge in [0.15, 0.2) is 0 Å². The van der Waals surface area contributed by atoms with E-state index < -0.39 is 5.41 Å². The molecule has 3 unspecified atom stereocenters. The highest BCUT2D eigenvalue weighted by molar-refractivity contribution is 9.10. The van der Waals surface area contributed by atoms with Gasteiger partial charge in [0.2, 0.25) is 0 Å². The predicted molar refractivity (Wildman–Crippen MR) is 106 cm³/mol. The van der Waals surface area contributed by atoms with Crippen LogP contribution in [-0.2, 0) is 0 Å². The van der Waals surface area contributed by atoms with E-state index in [4.69, 9.17) is 0 Å². The Hall–Kier alpha value is -1.92. The molecule has 3 aromatic rings. The largest absolute Gasteiger partial charge is 0.334 e. The number of amides is 1. The quantitative estimate of drug-likeness (QED) is 0.562. The highest BCUT2D eigenvalue weighted by atomic mass is 79.9. The lowest BCUT2D eigenvalue weighted by Gasteiger charge is -2.40. The molecule has 9 heteroatoms. The number of hydrogen-bond donors (Lipinski definition) is 0. The molecule has 1 saturated heterocycles. The zero-order valence-corrected chi connectivity index (χ0v) is 17.4. The van der Waals surface area contributed by atoms with Crippen LogP contribution in [-0.4, -0.2) is 48.9 Å². The standard InChI is InChI=1S/C18H18BrFN5OP/c1-11-5-15(25-17(23-11)21-10-22-25)13-7-18(20,27)9-24(8-13)16(26)12-3-2-4-14(19)6-12/h2-6,10,13H,7-9,27H2,1H3. The lowest BCUT2D eigenvalue weighted by Crippen LogP contribution is -2.48. The lowest BCUT2D eigenvalue weighted by molar-refractivity contribution is 0.0543. The number of likely N-dealkylation sites (tertiary alicyclic amines) is 1. The average molecular weight is 450 g/mol. The Balaban J connectivity index is 1.70. The number of alkyl halides is 1. The van der Waals surface area contributed by atoms with Crippen molar-refractivity contribution in [3.63, 3.8) is 0 Å². The molecular weight excluding hydrogens is 432 g/mol. The van der Waals surface area contributed by atoms with Crippen molar-refractivity contribution in [1.29, 1.82) is 0 Å². The molecular formula is C18H18BrFN5OP. The van der Waals surface area contributed by atoms with Crippen molar-refractivity contribution in [3.05, 3.63) is 58.1 Å². The average Bonchev–Trinajstić information content (AvgIpc) is 3.07.